The van der Waals surface area contributed by atoms with Gasteiger partial charge in [-0.1, -0.05) is 36.4 Å². The van der Waals surface area contributed by atoms with Gasteiger partial charge < -0.3 is 11.1 Å². The van der Waals surface area contributed by atoms with Crippen molar-refractivity contribution >= 4 is 49.0 Å². The number of carbonyl (C=O) groups is 1. The number of hydrogen-bond donors (Lipinski definition) is 2. The molecule has 0 aliphatic carbocycles. The number of sulfonamides is 1. The van der Waals surface area contributed by atoms with Crippen molar-refractivity contribution in [3.63, 3.8) is 0 Å². The van der Waals surface area contributed by atoms with Gasteiger partial charge in [0.25, 0.3) is 10.0 Å². The molecule has 0 aromatic heterocycles. The summed E-state index contributed by atoms with van der Waals surface area (Å²) in [4.78, 5) is 12.0. The van der Waals surface area contributed by atoms with Gasteiger partial charge in [-0.15, -0.1) is 0 Å². The van der Waals surface area contributed by atoms with Gasteiger partial charge in [0, 0.05) is 4.47 Å². The van der Waals surface area contributed by atoms with E-state index in [1.54, 1.807) is 18.2 Å². The van der Waals surface area contributed by atoms with Gasteiger partial charge in [-0.05, 0) is 52.3 Å². The van der Waals surface area contributed by atoms with Crippen LogP contribution in [-0.2, 0) is 16.2 Å². The number of urea groups is 1. The second kappa shape index (κ2) is 8.60. The fraction of sp³-hybridized carbons (Fsp3) is 0.0500. The van der Waals surface area contributed by atoms with Crippen LogP contribution in [0.1, 0.15) is 5.56 Å². The average Bonchev–Trinajstić information content (AvgIpc) is 2.70. The molecule has 31 heavy (non-hydrogen) atoms. The molecule has 3 rings (SSSR count). The first kappa shape index (κ1) is 22.6. The maximum Gasteiger partial charge on any atom is 0.417 e. The number of hydrogen-bond acceptors (Lipinski definition) is 4. The van der Waals surface area contributed by atoms with Gasteiger partial charge in [-0.25, -0.2) is 13.2 Å². The van der Waals surface area contributed by atoms with Crippen LogP contribution in [0.15, 0.2) is 82.2 Å². The quantitative estimate of drug-likeness (QED) is 0.452. The van der Waals surface area contributed by atoms with Crippen LogP contribution < -0.4 is 15.4 Å². The van der Waals surface area contributed by atoms with E-state index in [-0.39, 0.29) is 21.4 Å². The molecule has 0 bridgehead atoms. The normalized spacial score (nSPS) is 11.7. The van der Waals surface area contributed by atoms with E-state index in [9.17, 15) is 26.4 Å². The number of anilines is 3. The van der Waals surface area contributed by atoms with E-state index in [0.29, 0.717) is 10.5 Å². The SMILES string of the molecule is Nc1ccccc1N(C(=O)Nc1ccccc1Br)S(=O)(=O)c1ccccc1C(F)(F)F. The minimum absolute atomic E-state index is 0.113. The fourth-order valence-electron chi connectivity index (χ4n) is 2.77. The first-order valence-corrected chi connectivity index (χ1v) is 10.9. The number of nitrogens with zero attached hydrogens (tertiary/aromatic N) is 1. The van der Waals surface area contributed by atoms with Gasteiger partial charge in [0.1, 0.15) is 4.90 Å². The predicted octanol–water partition coefficient (Wildman–Crippen LogP) is 5.48. The van der Waals surface area contributed by atoms with Crippen molar-refractivity contribution < 1.29 is 26.4 Å². The van der Waals surface area contributed by atoms with E-state index >= 15 is 0 Å². The lowest BCUT2D eigenvalue weighted by molar-refractivity contribution is -0.139. The molecular weight excluding hydrogens is 499 g/mol. The Morgan fingerprint density at radius 2 is 1.52 bits per heavy atom. The number of rotatable bonds is 4. The summed E-state index contributed by atoms with van der Waals surface area (Å²) in [5, 5.41) is 2.39. The van der Waals surface area contributed by atoms with Gasteiger partial charge in [0.15, 0.2) is 0 Å². The second-order valence-corrected chi connectivity index (χ2v) is 8.84. The lowest BCUT2D eigenvalue weighted by Gasteiger charge is -2.25. The van der Waals surface area contributed by atoms with Gasteiger partial charge in [0.05, 0.1) is 22.6 Å². The standard InChI is InChI=1S/C20H15BrF3N3O3S/c21-14-8-2-4-10-16(14)26-19(28)27(17-11-5-3-9-15(17)25)31(29,30)18-12-6-1-7-13(18)20(22,23)24/h1-12H,25H2,(H,26,28). The molecule has 0 heterocycles. The van der Waals surface area contributed by atoms with E-state index in [1.807, 2.05) is 0 Å². The molecule has 0 aliphatic heterocycles. The molecule has 0 saturated heterocycles. The second-order valence-electron chi connectivity index (χ2n) is 6.23. The Labute approximate surface area is 184 Å². The molecule has 0 fully saturated rings. The highest BCUT2D eigenvalue weighted by molar-refractivity contribution is 9.10. The highest BCUT2D eigenvalue weighted by atomic mass is 79.9. The lowest BCUT2D eigenvalue weighted by Crippen LogP contribution is -2.41. The Bertz CT molecular complexity index is 1230. The van der Waals surface area contributed by atoms with E-state index in [0.717, 1.165) is 18.2 Å². The smallest absolute Gasteiger partial charge is 0.397 e. The van der Waals surface area contributed by atoms with Gasteiger partial charge in [-0.3, -0.25) is 0 Å². The minimum Gasteiger partial charge on any atom is -0.397 e. The van der Waals surface area contributed by atoms with Crippen LogP contribution in [0.5, 0.6) is 0 Å². The number of halogens is 4. The molecule has 162 valence electrons. The molecule has 11 heteroatoms. The zero-order valence-corrected chi connectivity index (χ0v) is 18.0. The predicted molar refractivity (Wildman–Crippen MR) is 115 cm³/mol. The van der Waals surface area contributed by atoms with Gasteiger partial charge >= 0.3 is 12.2 Å². The first-order valence-electron chi connectivity index (χ1n) is 8.65. The molecule has 0 saturated carbocycles. The molecule has 3 N–H and O–H groups in total. The number of nitrogens with two attached hydrogens (primary N) is 1. The van der Waals surface area contributed by atoms with E-state index in [2.05, 4.69) is 21.2 Å². The van der Waals surface area contributed by atoms with Crippen molar-refractivity contribution in [2.45, 2.75) is 11.1 Å². The summed E-state index contributed by atoms with van der Waals surface area (Å²) in [6, 6.07) is 14.2. The molecule has 0 aliphatic rings. The first-order chi connectivity index (χ1) is 14.5. The van der Waals surface area contributed by atoms with Crippen molar-refractivity contribution in [3.05, 3.63) is 82.8 Å². The van der Waals surface area contributed by atoms with Crippen LogP contribution >= 0.6 is 15.9 Å². The fourth-order valence-corrected chi connectivity index (χ4v) is 4.76. The highest BCUT2D eigenvalue weighted by Gasteiger charge is 2.41. The summed E-state index contributed by atoms with van der Waals surface area (Å²) >= 11 is 3.22. The van der Waals surface area contributed by atoms with Crippen molar-refractivity contribution in [3.8, 4) is 0 Å². The van der Waals surface area contributed by atoms with Crippen LogP contribution in [-0.4, -0.2) is 14.4 Å². The van der Waals surface area contributed by atoms with E-state index < -0.39 is 32.7 Å². The summed E-state index contributed by atoms with van der Waals surface area (Å²) in [5.74, 6) is 0. The monoisotopic (exact) mass is 513 g/mol. The number of nitrogen functional groups attached to an aromatic ring is 1. The van der Waals surface area contributed by atoms with Crippen LogP contribution in [0.25, 0.3) is 0 Å². The van der Waals surface area contributed by atoms with Gasteiger partial charge in [-0.2, -0.15) is 17.5 Å². The largest absolute Gasteiger partial charge is 0.417 e. The number of benzene rings is 3. The zero-order valence-electron chi connectivity index (χ0n) is 15.6. The van der Waals surface area contributed by atoms with Crippen LogP contribution in [0, 0.1) is 0 Å². The Hall–Kier alpha value is -3.05. The number of amides is 2. The Kier molecular flexibility index (Phi) is 6.27. The summed E-state index contributed by atoms with van der Waals surface area (Å²) in [7, 11) is -5.02. The summed E-state index contributed by atoms with van der Waals surface area (Å²) < 4.78 is 67.9. The lowest BCUT2D eigenvalue weighted by atomic mass is 10.2. The van der Waals surface area contributed by atoms with E-state index in [4.69, 9.17) is 5.73 Å². The molecule has 3 aromatic rings. The van der Waals surface area contributed by atoms with Crippen LogP contribution in [0.4, 0.5) is 35.0 Å². The number of nitrogens with one attached hydrogen (secondary N) is 1. The number of para-hydroxylation sites is 3. The van der Waals surface area contributed by atoms with Crippen molar-refractivity contribution in [1.29, 1.82) is 0 Å². The molecule has 3 aromatic carbocycles. The summed E-state index contributed by atoms with van der Waals surface area (Å²) in [6.07, 6.45) is -4.96. The Morgan fingerprint density at radius 3 is 2.16 bits per heavy atom. The highest BCUT2D eigenvalue weighted by Crippen LogP contribution is 2.37. The zero-order chi connectivity index (χ0) is 22.8. The van der Waals surface area contributed by atoms with Crippen molar-refractivity contribution in [2.24, 2.45) is 0 Å². The van der Waals surface area contributed by atoms with Crippen molar-refractivity contribution in [2.75, 3.05) is 15.4 Å². The van der Waals surface area contributed by atoms with Gasteiger partial charge in [0.2, 0.25) is 0 Å². The third-order valence-electron chi connectivity index (χ3n) is 4.17. The van der Waals surface area contributed by atoms with E-state index in [1.165, 1.54) is 30.3 Å². The molecule has 6 nitrogen and oxygen atoms in total. The van der Waals surface area contributed by atoms with Crippen LogP contribution in [0.3, 0.4) is 0 Å². The summed E-state index contributed by atoms with van der Waals surface area (Å²) in [6.45, 7) is 0. The molecular formula is C20H15BrF3N3O3S. The molecule has 2 amide bonds. The summed E-state index contributed by atoms with van der Waals surface area (Å²) in [5.41, 5.74) is 4.28. The number of alkyl halides is 3. The van der Waals surface area contributed by atoms with Crippen LogP contribution in [0.2, 0.25) is 0 Å². The maximum atomic E-state index is 13.5. The third-order valence-corrected chi connectivity index (χ3v) is 6.61. The molecule has 0 unspecified atom stereocenters. The van der Waals surface area contributed by atoms with Crippen molar-refractivity contribution in [1.82, 2.24) is 0 Å². The third kappa shape index (κ3) is 4.67. The molecule has 0 atom stereocenters. The molecule has 0 spiro atoms. The Morgan fingerprint density at radius 1 is 0.935 bits per heavy atom. The number of carbonyl (C=O) groups excluding carboxylic acids is 1. The average molecular weight is 514 g/mol. The minimum atomic E-state index is -5.02. The molecule has 0 radical (unpaired) electrons. The topological polar surface area (TPSA) is 92.5 Å². The Balaban J connectivity index is 2.19. The maximum absolute atomic E-state index is 13.5.